The van der Waals surface area contributed by atoms with E-state index in [1.165, 1.54) is 19.3 Å². The Morgan fingerprint density at radius 3 is 2.50 bits per heavy atom. The molecular formula is C10H19. The van der Waals surface area contributed by atoms with Crippen molar-refractivity contribution in [1.29, 1.82) is 0 Å². The van der Waals surface area contributed by atoms with E-state index in [0.29, 0.717) is 0 Å². The SMILES string of the molecule is [CH]=C(C)CCCC(C)CC. The molecule has 0 heterocycles. The first-order chi connectivity index (χ1) is 4.66. The zero-order chi connectivity index (χ0) is 7.98. The minimum absolute atomic E-state index is 0.874. The van der Waals surface area contributed by atoms with E-state index >= 15 is 0 Å². The highest BCUT2D eigenvalue weighted by Crippen LogP contribution is 2.13. The molecule has 0 fully saturated rings. The average Bonchev–Trinajstić information content (AvgIpc) is 1.87. The molecule has 0 spiro atoms. The molecule has 0 aromatic rings. The molecular weight excluding hydrogens is 120 g/mol. The maximum absolute atomic E-state index is 5.54. The summed E-state index contributed by atoms with van der Waals surface area (Å²) >= 11 is 0. The Balaban J connectivity index is 3.11. The maximum Gasteiger partial charge on any atom is -0.0320 e. The van der Waals surface area contributed by atoms with Crippen LogP contribution in [0.1, 0.15) is 46.5 Å². The van der Waals surface area contributed by atoms with Crippen molar-refractivity contribution in [2.75, 3.05) is 0 Å². The third-order valence-electron chi connectivity index (χ3n) is 1.96. The van der Waals surface area contributed by atoms with Crippen molar-refractivity contribution in [3.63, 3.8) is 0 Å². The number of allylic oxidation sites excluding steroid dienone is 1. The molecule has 0 heteroatoms. The van der Waals surface area contributed by atoms with Crippen molar-refractivity contribution < 1.29 is 0 Å². The summed E-state index contributed by atoms with van der Waals surface area (Å²) in [7, 11) is 0. The molecule has 0 aromatic carbocycles. The first kappa shape index (κ1) is 9.74. The lowest BCUT2D eigenvalue weighted by Crippen LogP contribution is -1.91. The standard InChI is InChI=1S/C10H19/c1-5-10(4)8-6-7-9(2)3/h2,10H,5-8H2,1,3-4H3. The van der Waals surface area contributed by atoms with E-state index in [9.17, 15) is 0 Å². The summed E-state index contributed by atoms with van der Waals surface area (Å²) in [5.74, 6) is 0.874. The van der Waals surface area contributed by atoms with Gasteiger partial charge in [0.1, 0.15) is 0 Å². The Bertz CT molecular complexity index is 92.2. The van der Waals surface area contributed by atoms with E-state index in [-0.39, 0.29) is 0 Å². The summed E-state index contributed by atoms with van der Waals surface area (Å²) in [5, 5.41) is 0. The molecule has 0 bridgehead atoms. The van der Waals surface area contributed by atoms with Crippen LogP contribution in [0.15, 0.2) is 5.57 Å². The van der Waals surface area contributed by atoms with Crippen LogP contribution in [0, 0.1) is 12.5 Å². The van der Waals surface area contributed by atoms with Gasteiger partial charge in [0.05, 0.1) is 0 Å². The third-order valence-corrected chi connectivity index (χ3v) is 1.96. The quantitative estimate of drug-likeness (QED) is 0.546. The molecule has 0 rings (SSSR count). The van der Waals surface area contributed by atoms with Crippen LogP contribution in [-0.4, -0.2) is 0 Å². The van der Waals surface area contributed by atoms with Crippen molar-refractivity contribution in [2.24, 2.45) is 5.92 Å². The first-order valence-electron chi connectivity index (χ1n) is 4.24. The number of hydrogen-bond acceptors (Lipinski definition) is 0. The Hall–Kier alpha value is -0.260. The van der Waals surface area contributed by atoms with Gasteiger partial charge in [-0.15, -0.1) is 0 Å². The predicted molar refractivity (Wildman–Crippen MR) is 46.8 cm³/mol. The Kier molecular flexibility index (Phi) is 5.38. The minimum Gasteiger partial charge on any atom is -0.0733 e. The highest BCUT2D eigenvalue weighted by atomic mass is 14.0. The summed E-state index contributed by atoms with van der Waals surface area (Å²) < 4.78 is 0. The van der Waals surface area contributed by atoms with Crippen LogP contribution >= 0.6 is 0 Å². The summed E-state index contributed by atoms with van der Waals surface area (Å²) in [6.07, 6.45) is 4.98. The highest BCUT2D eigenvalue weighted by molar-refractivity contribution is 4.83. The molecule has 0 saturated carbocycles. The highest BCUT2D eigenvalue weighted by Gasteiger charge is 1.97. The van der Waals surface area contributed by atoms with E-state index in [2.05, 4.69) is 13.8 Å². The molecule has 10 heavy (non-hydrogen) atoms. The van der Waals surface area contributed by atoms with Crippen LogP contribution < -0.4 is 0 Å². The van der Waals surface area contributed by atoms with Crippen LogP contribution in [-0.2, 0) is 0 Å². The summed E-state index contributed by atoms with van der Waals surface area (Å²) in [5.41, 5.74) is 1.07. The van der Waals surface area contributed by atoms with Gasteiger partial charge in [0.25, 0.3) is 0 Å². The molecule has 0 aliphatic heterocycles. The molecule has 1 radical (unpaired) electrons. The van der Waals surface area contributed by atoms with E-state index in [4.69, 9.17) is 6.58 Å². The van der Waals surface area contributed by atoms with Crippen molar-refractivity contribution >= 4 is 0 Å². The Morgan fingerprint density at radius 1 is 1.50 bits per heavy atom. The summed E-state index contributed by atoms with van der Waals surface area (Å²) in [4.78, 5) is 0. The Labute approximate surface area is 65.3 Å². The van der Waals surface area contributed by atoms with Gasteiger partial charge >= 0.3 is 0 Å². The summed E-state index contributed by atoms with van der Waals surface area (Å²) in [6.45, 7) is 12.1. The van der Waals surface area contributed by atoms with Crippen LogP contribution in [0.5, 0.6) is 0 Å². The van der Waals surface area contributed by atoms with Gasteiger partial charge in [-0.3, -0.25) is 0 Å². The monoisotopic (exact) mass is 139 g/mol. The zero-order valence-electron chi connectivity index (χ0n) is 7.48. The third kappa shape index (κ3) is 5.87. The van der Waals surface area contributed by atoms with E-state index in [1.807, 2.05) is 6.92 Å². The molecule has 0 N–H and O–H groups in total. The molecule has 0 aromatic heterocycles. The second-order valence-electron chi connectivity index (χ2n) is 3.25. The van der Waals surface area contributed by atoms with Crippen LogP contribution in [0.25, 0.3) is 0 Å². The van der Waals surface area contributed by atoms with Gasteiger partial charge in [0, 0.05) is 0 Å². The second-order valence-corrected chi connectivity index (χ2v) is 3.25. The molecule has 0 nitrogen and oxygen atoms in total. The number of hydrogen-bond donors (Lipinski definition) is 0. The lowest BCUT2D eigenvalue weighted by molar-refractivity contribution is 0.495. The van der Waals surface area contributed by atoms with Gasteiger partial charge < -0.3 is 0 Å². The van der Waals surface area contributed by atoms with Gasteiger partial charge in [0.15, 0.2) is 0 Å². The van der Waals surface area contributed by atoms with Crippen molar-refractivity contribution in [2.45, 2.75) is 46.5 Å². The van der Waals surface area contributed by atoms with E-state index < -0.39 is 0 Å². The Morgan fingerprint density at radius 2 is 2.10 bits per heavy atom. The normalized spacial score (nSPS) is 13.1. The van der Waals surface area contributed by atoms with Crippen LogP contribution in [0.2, 0.25) is 0 Å². The average molecular weight is 139 g/mol. The summed E-state index contributed by atoms with van der Waals surface area (Å²) in [6, 6.07) is 0. The van der Waals surface area contributed by atoms with Gasteiger partial charge in [0.2, 0.25) is 0 Å². The van der Waals surface area contributed by atoms with E-state index in [1.54, 1.807) is 0 Å². The fraction of sp³-hybridized carbons (Fsp3) is 0.800. The second kappa shape index (κ2) is 5.52. The molecule has 1 atom stereocenters. The lowest BCUT2D eigenvalue weighted by Gasteiger charge is -2.06. The van der Waals surface area contributed by atoms with E-state index in [0.717, 1.165) is 17.9 Å². The molecule has 0 aliphatic rings. The van der Waals surface area contributed by atoms with Gasteiger partial charge in [-0.1, -0.05) is 38.8 Å². The first-order valence-corrected chi connectivity index (χ1v) is 4.24. The zero-order valence-corrected chi connectivity index (χ0v) is 7.48. The molecule has 0 saturated heterocycles. The fourth-order valence-corrected chi connectivity index (χ4v) is 0.933. The minimum atomic E-state index is 0.874. The smallest absolute Gasteiger partial charge is 0.0320 e. The molecule has 59 valence electrons. The van der Waals surface area contributed by atoms with Gasteiger partial charge in [-0.25, -0.2) is 0 Å². The number of rotatable bonds is 5. The van der Waals surface area contributed by atoms with Crippen molar-refractivity contribution in [3.05, 3.63) is 12.2 Å². The lowest BCUT2D eigenvalue weighted by atomic mass is 10.0. The predicted octanol–water partition coefficient (Wildman–Crippen LogP) is 3.58. The van der Waals surface area contributed by atoms with Crippen molar-refractivity contribution in [3.8, 4) is 0 Å². The fourth-order valence-electron chi connectivity index (χ4n) is 0.933. The topological polar surface area (TPSA) is 0 Å². The van der Waals surface area contributed by atoms with Gasteiger partial charge in [-0.05, 0) is 25.7 Å². The maximum atomic E-state index is 5.54. The van der Waals surface area contributed by atoms with Crippen molar-refractivity contribution in [1.82, 2.24) is 0 Å². The van der Waals surface area contributed by atoms with Crippen LogP contribution in [0.3, 0.4) is 0 Å². The molecule has 0 aliphatic carbocycles. The van der Waals surface area contributed by atoms with Gasteiger partial charge in [-0.2, -0.15) is 0 Å². The molecule has 0 amide bonds. The van der Waals surface area contributed by atoms with Crippen LogP contribution in [0.4, 0.5) is 0 Å². The largest absolute Gasteiger partial charge is 0.0733 e. The molecule has 1 unspecified atom stereocenters.